The van der Waals surface area contributed by atoms with E-state index in [2.05, 4.69) is 4.98 Å². The number of pyridine rings is 1. The summed E-state index contributed by atoms with van der Waals surface area (Å²) in [6.07, 6.45) is 5.12. The van der Waals surface area contributed by atoms with Crippen molar-refractivity contribution < 1.29 is 23.4 Å². The van der Waals surface area contributed by atoms with Gasteiger partial charge < -0.3 is 14.2 Å². The molecular formula is C21H24FNO4. The largest absolute Gasteiger partial charge is 0.481 e. The van der Waals surface area contributed by atoms with Gasteiger partial charge in [-0.3, -0.25) is 0 Å². The van der Waals surface area contributed by atoms with Crippen molar-refractivity contribution in [1.82, 2.24) is 4.98 Å². The van der Waals surface area contributed by atoms with Crippen LogP contribution in [-0.2, 0) is 14.9 Å². The number of ether oxygens (including phenoxy) is 3. The highest BCUT2D eigenvalue weighted by Gasteiger charge is 2.38. The van der Waals surface area contributed by atoms with Gasteiger partial charge in [-0.1, -0.05) is 18.9 Å². The zero-order valence-corrected chi connectivity index (χ0v) is 15.9. The van der Waals surface area contributed by atoms with Crippen molar-refractivity contribution in [3.05, 3.63) is 47.4 Å². The van der Waals surface area contributed by atoms with Crippen molar-refractivity contribution in [3.63, 3.8) is 0 Å². The summed E-state index contributed by atoms with van der Waals surface area (Å²) in [5.74, 6) is -0.517. The average molecular weight is 373 g/mol. The van der Waals surface area contributed by atoms with Crippen LogP contribution < -0.4 is 4.74 Å². The van der Waals surface area contributed by atoms with Crippen LogP contribution in [-0.4, -0.2) is 38.9 Å². The van der Waals surface area contributed by atoms with Crippen molar-refractivity contribution in [2.75, 3.05) is 27.9 Å². The molecule has 1 saturated carbocycles. The lowest BCUT2D eigenvalue weighted by Gasteiger charge is -2.31. The Morgan fingerprint density at radius 1 is 1.15 bits per heavy atom. The first-order valence-electron chi connectivity index (χ1n) is 8.96. The number of hydrogen-bond donors (Lipinski definition) is 0. The smallest absolute Gasteiger partial charge is 0.337 e. The average Bonchev–Trinajstić information content (AvgIpc) is 3.17. The lowest BCUT2D eigenvalue weighted by Crippen LogP contribution is -2.29. The van der Waals surface area contributed by atoms with Gasteiger partial charge >= 0.3 is 5.97 Å². The van der Waals surface area contributed by atoms with Gasteiger partial charge in [0.2, 0.25) is 5.88 Å². The highest BCUT2D eigenvalue weighted by Crippen LogP contribution is 2.46. The van der Waals surface area contributed by atoms with Crippen molar-refractivity contribution in [2.45, 2.75) is 31.1 Å². The predicted octanol–water partition coefficient (Wildman–Crippen LogP) is 4.14. The van der Waals surface area contributed by atoms with Crippen molar-refractivity contribution in [3.8, 4) is 17.0 Å². The fraction of sp³-hybridized carbons (Fsp3) is 0.429. The van der Waals surface area contributed by atoms with Gasteiger partial charge in [-0.2, -0.15) is 0 Å². The van der Waals surface area contributed by atoms with Crippen LogP contribution in [0.3, 0.4) is 0 Å². The second-order valence-electron chi connectivity index (χ2n) is 6.88. The molecular weight excluding hydrogens is 349 g/mol. The molecule has 3 rings (SSSR count). The van der Waals surface area contributed by atoms with Gasteiger partial charge in [0.25, 0.3) is 0 Å². The highest BCUT2D eigenvalue weighted by molar-refractivity contribution is 5.91. The Morgan fingerprint density at radius 2 is 1.89 bits per heavy atom. The fourth-order valence-corrected chi connectivity index (χ4v) is 4.02. The van der Waals surface area contributed by atoms with E-state index in [1.807, 2.05) is 6.07 Å². The number of nitrogens with zero attached hydrogens (tertiary/aromatic N) is 1. The van der Waals surface area contributed by atoms with E-state index in [9.17, 15) is 9.18 Å². The summed E-state index contributed by atoms with van der Waals surface area (Å²) in [6, 6.07) is 6.83. The monoisotopic (exact) mass is 373 g/mol. The number of rotatable bonds is 6. The standard InChI is InChI=1S/C21H24FNO4/c1-25-13-21(8-4-5-9-21)17-10-14(20(24)27-3)6-7-15(17)16-11-19(26-2)23-12-18(16)22/h6-7,10-12H,4-5,8-9,13H2,1-3H3. The van der Waals surface area contributed by atoms with E-state index >= 15 is 0 Å². The van der Waals surface area contributed by atoms with E-state index in [0.29, 0.717) is 23.6 Å². The van der Waals surface area contributed by atoms with Gasteiger partial charge in [-0.05, 0) is 36.1 Å². The molecule has 0 unspecified atom stereocenters. The van der Waals surface area contributed by atoms with Gasteiger partial charge in [-0.25, -0.2) is 14.2 Å². The normalized spacial score (nSPS) is 15.6. The molecule has 2 aromatic rings. The zero-order valence-electron chi connectivity index (χ0n) is 15.9. The van der Waals surface area contributed by atoms with Crippen LogP contribution in [0.5, 0.6) is 5.88 Å². The number of benzene rings is 1. The number of esters is 1. The molecule has 0 atom stereocenters. The molecule has 1 aliphatic carbocycles. The minimum atomic E-state index is -0.437. The molecule has 1 heterocycles. The van der Waals surface area contributed by atoms with E-state index in [4.69, 9.17) is 14.2 Å². The molecule has 0 saturated heterocycles. The second kappa shape index (κ2) is 8.05. The van der Waals surface area contributed by atoms with E-state index in [0.717, 1.165) is 43.0 Å². The number of carbonyl (C=O) groups is 1. The summed E-state index contributed by atoms with van der Waals surface area (Å²) in [6.45, 7) is 0.508. The van der Waals surface area contributed by atoms with Crippen molar-refractivity contribution >= 4 is 5.97 Å². The summed E-state index contributed by atoms with van der Waals surface area (Å²) in [5.41, 5.74) is 2.20. The molecule has 0 radical (unpaired) electrons. The third-order valence-corrected chi connectivity index (χ3v) is 5.32. The first-order valence-corrected chi connectivity index (χ1v) is 8.96. The highest BCUT2D eigenvalue weighted by atomic mass is 19.1. The summed E-state index contributed by atoms with van der Waals surface area (Å²) in [7, 11) is 4.51. The third-order valence-electron chi connectivity index (χ3n) is 5.32. The zero-order chi connectivity index (χ0) is 19.4. The Labute approximate surface area is 158 Å². The van der Waals surface area contributed by atoms with Crippen LogP contribution in [0.4, 0.5) is 4.39 Å². The summed E-state index contributed by atoms with van der Waals surface area (Å²) in [5, 5.41) is 0. The minimum Gasteiger partial charge on any atom is -0.481 e. The molecule has 144 valence electrons. The van der Waals surface area contributed by atoms with Gasteiger partial charge in [-0.15, -0.1) is 0 Å². The van der Waals surface area contributed by atoms with Gasteiger partial charge in [0.15, 0.2) is 0 Å². The summed E-state index contributed by atoms with van der Waals surface area (Å²) >= 11 is 0. The first-order chi connectivity index (χ1) is 13.0. The Balaban J connectivity index is 2.23. The number of carbonyl (C=O) groups excluding carboxylic acids is 1. The first kappa shape index (κ1) is 19.3. The third kappa shape index (κ3) is 3.67. The predicted molar refractivity (Wildman–Crippen MR) is 99.5 cm³/mol. The Bertz CT molecular complexity index is 831. The Morgan fingerprint density at radius 3 is 2.52 bits per heavy atom. The van der Waals surface area contributed by atoms with Crippen molar-refractivity contribution in [2.24, 2.45) is 0 Å². The Kier molecular flexibility index (Phi) is 5.75. The number of aromatic nitrogens is 1. The SMILES string of the molecule is COCC1(c2cc(C(=O)OC)ccc2-c2cc(OC)ncc2F)CCCC1. The van der Waals surface area contributed by atoms with Gasteiger partial charge in [0.05, 0.1) is 32.6 Å². The molecule has 5 nitrogen and oxygen atoms in total. The molecule has 0 N–H and O–H groups in total. The van der Waals surface area contributed by atoms with E-state index in [-0.39, 0.29) is 5.41 Å². The van der Waals surface area contributed by atoms with Crippen LogP contribution in [0, 0.1) is 5.82 Å². The molecule has 1 fully saturated rings. The number of methoxy groups -OCH3 is 3. The topological polar surface area (TPSA) is 57.7 Å². The summed E-state index contributed by atoms with van der Waals surface area (Å²) in [4.78, 5) is 16.0. The maximum atomic E-state index is 14.7. The van der Waals surface area contributed by atoms with Crippen LogP contribution in [0.2, 0.25) is 0 Å². The molecule has 27 heavy (non-hydrogen) atoms. The molecule has 0 amide bonds. The van der Waals surface area contributed by atoms with Crippen molar-refractivity contribution in [1.29, 1.82) is 0 Å². The van der Waals surface area contributed by atoms with Gasteiger partial charge in [0.1, 0.15) is 5.82 Å². The fourth-order valence-electron chi connectivity index (χ4n) is 4.02. The molecule has 0 aliphatic heterocycles. The van der Waals surface area contributed by atoms with E-state index in [1.165, 1.54) is 14.2 Å². The molecule has 6 heteroatoms. The quantitative estimate of drug-likeness (QED) is 0.712. The van der Waals surface area contributed by atoms with Crippen LogP contribution in [0.15, 0.2) is 30.5 Å². The van der Waals surface area contributed by atoms with E-state index < -0.39 is 11.8 Å². The molecule has 1 aliphatic rings. The Hall–Kier alpha value is -2.47. The van der Waals surface area contributed by atoms with Crippen LogP contribution in [0.25, 0.3) is 11.1 Å². The maximum Gasteiger partial charge on any atom is 0.337 e. The maximum absolute atomic E-state index is 14.7. The van der Waals surface area contributed by atoms with Gasteiger partial charge in [0, 0.05) is 24.2 Å². The molecule has 0 bridgehead atoms. The number of halogens is 1. The summed E-state index contributed by atoms with van der Waals surface area (Å²) < 4.78 is 30.2. The van der Waals surface area contributed by atoms with Crippen LogP contribution >= 0.6 is 0 Å². The molecule has 1 aromatic carbocycles. The molecule has 0 spiro atoms. The second-order valence-corrected chi connectivity index (χ2v) is 6.88. The minimum absolute atomic E-state index is 0.267. The lowest BCUT2D eigenvalue weighted by molar-refractivity contribution is 0.0600. The van der Waals surface area contributed by atoms with E-state index in [1.54, 1.807) is 25.3 Å². The van der Waals surface area contributed by atoms with Crippen LogP contribution in [0.1, 0.15) is 41.6 Å². The lowest BCUT2D eigenvalue weighted by atomic mass is 9.75. The molecule has 1 aromatic heterocycles. The number of hydrogen-bond acceptors (Lipinski definition) is 5.